The van der Waals surface area contributed by atoms with Gasteiger partial charge in [0.05, 0.1) is 18.2 Å². The highest BCUT2D eigenvalue weighted by atomic mass is 79.9. The van der Waals surface area contributed by atoms with E-state index in [4.69, 9.17) is 14.2 Å². The molecule has 170 valence electrons. The molecule has 1 aliphatic heterocycles. The standard InChI is InChI=1S/C23H12BrF5O4/c1-31-15-5-2-11(24)6-10(15)7-17-23(30)13-4-3-12(8-16(13)33-17)32-9-14-18(25)20(27)22(29)21(28)19(14)26/h2-8H,9H2,1H3. The summed E-state index contributed by atoms with van der Waals surface area (Å²) in [6.07, 6.45) is 1.49. The van der Waals surface area contributed by atoms with Crippen LogP contribution in [0.4, 0.5) is 22.0 Å². The smallest absolute Gasteiger partial charge is 0.231 e. The molecule has 0 N–H and O–H groups in total. The molecule has 3 aromatic carbocycles. The molecule has 0 fully saturated rings. The van der Waals surface area contributed by atoms with Crippen LogP contribution < -0.4 is 14.2 Å². The first-order valence-corrected chi connectivity index (χ1v) is 10.1. The summed E-state index contributed by atoms with van der Waals surface area (Å²) < 4.78 is 84.4. The molecular weight excluding hydrogens is 515 g/mol. The zero-order valence-electron chi connectivity index (χ0n) is 16.6. The minimum absolute atomic E-state index is 0.00156. The summed E-state index contributed by atoms with van der Waals surface area (Å²) in [5.74, 6) is -10.1. The second kappa shape index (κ2) is 8.86. The molecule has 0 aromatic heterocycles. The van der Waals surface area contributed by atoms with Crippen molar-refractivity contribution in [1.29, 1.82) is 0 Å². The second-order valence-electron chi connectivity index (χ2n) is 6.82. The molecule has 0 radical (unpaired) electrons. The van der Waals surface area contributed by atoms with E-state index >= 15 is 0 Å². The average molecular weight is 527 g/mol. The Labute approximate surface area is 192 Å². The molecule has 0 aliphatic carbocycles. The van der Waals surface area contributed by atoms with Gasteiger partial charge >= 0.3 is 0 Å². The largest absolute Gasteiger partial charge is 0.496 e. The van der Waals surface area contributed by atoms with E-state index in [0.717, 1.165) is 4.47 Å². The maximum absolute atomic E-state index is 13.8. The predicted molar refractivity (Wildman–Crippen MR) is 111 cm³/mol. The van der Waals surface area contributed by atoms with Gasteiger partial charge in [-0.2, -0.15) is 0 Å². The number of fused-ring (bicyclic) bond motifs is 1. The summed E-state index contributed by atoms with van der Waals surface area (Å²) in [6.45, 7) is -0.934. The Balaban J connectivity index is 1.58. The Morgan fingerprint density at radius 3 is 2.27 bits per heavy atom. The molecule has 3 aromatic rings. The first-order chi connectivity index (χ1) is 15.7. The van der Waals surface area contributed by atoms with Crippen LogP contribution in [0.25, 0.3) is 6.08 Å². The lowest BCUT2D eigenvalue weighted by Gasteiger charge is -2.10. The van der Waals surface area contributed by atoms with Crippen molar-refractivity contribution in [2.45, 2.75) is 6.61 Å². The molecule has 4 rings (SSSR count). The number of allylic oxidation sites excluding steroid dienone is 1. The van der Waals surface area contributed by atoms with Gasteiger partial charge in [0.2, 0.25) is 11.6 Å². The Kier molecular flexibility index (Phi) is 6.11. The van der Waals surface area contributed by atoms with Crippen molar-refractivity contribution in [3.05, 3.63) is 92.4 Å². The Hall–Kier alpha value is -3.40. The molecule has 1 aliphatic rings. The number of ketones is 1. The van der Waals surface area contributed by atoms with E-state index in [2.05, 4.69) is 15.9 Å². The zero-order valence-corrected chi connectivity index (χ0v) is 18.2. The molecule has 0 bridgehead atoms. The molecule has 0 atom stereocenters. The van der Waals surface area contributed by atoms with E-state index in [1.54, 1.807) is 18.2 Å². The van der Waals surface area contributed by atoms with E-state index in [0.29, 0.717) is 11.3 Å². The summed E-state index contributed by atoms with van der Waals surface area (Å²) >= 11 is 3.34. The van der Waals surface area contributed by atoms with Gasteiger partial charge in [-0.3, -0.25) is 4.79 Å². The maximum atomic E-state index is 13.8. The molecule has 33 heavy (non-hydrogen) atoms. The van der Waals surface area contributed by atoms with E-state index in [1.165, 1.54) is 31.4 Å². The van der Waals surface area contributed by atoms with E-state index < -0.39 is 47.0 Å². The highest BCUT2D eigenvalue weighted by molar-refractivity contribution is 9.10. The van der Waals surface area contributed by atoms with Crippen LogP contribution in [0.5, 0.6) is 17.2 Å². The number of methoxy groups -OCH3 is 1. The van der Waals surface area contributed by atoms with E-state index in [1.807, 2.05) is 0 Å². The summed E-state index contributed by atoms with van der Waals surface area (Å²) in [4.78, 5) is 12.7. The first-order valence-electron chi connectivity index (χ1n) is 9.26. The third-order valence-electron chi connectivity index (χ3n) is 4.80. The van der Waals surface area contributed by atoms with Gasteiger partial charge in [-0.1, -0.05) is 15.9 Å². The number of hydrogen-bond donors (Lipinski definition) is 0. The SMILES string of the molecule is COc1ccc(Br)cc1C=C1Oc2cc(OCc3c(F)c(F)c(F)c(F)c3F)ccc2C1=O. The number of benzene rings is 3. The number of ether oxygens (including phenoxy) is 3. The van der Waals surface area contributed by atoms with Crippen LogP contribution in [0.3, 0.4) is 0 Å². The average Bonchev–Trinajstić information content (AvgIpc) is 3.11. The fourth-order valence-corrected chi connectivity index (χ4v) is 3.53. The van der Waals surface area contributed by atoms with Crippen molar-refractivity contribution in [3.8, 4) is 17.2 Å². The normalized spacial score (nSPS) is 13.8. The summed E-state index contributed by atoms with van der Waals surface area (Å²) in [5.41, 5.74) is -0.337. The number of rotatable bonds is 5. The molecule has 4 nitrogen and oxygen atoms in total. The van der Waals surface area contributed by atoms with Gasteiger partial charge in [-0.05, 0) is 36.4 Å². The predicted octanol–water partition coefficient (Wildman–Crippen LogP) is 6.35. The number of halogens is 6. The fourth-order valence-electron chi connectivity index (χ4n) is 3.15. The van der Waals surface area contributed by atoms with Gasteiger partial charge in [0.25, 0.3) is 0 Å². The summed E-state index contributed by atoms with van der Waals surface area (Å²) in [5, 5.41) is 0. The van der Waals surface area contributed by atoms with Crippen LogP contribution in [-0.2, 0) is 6.61 Å². The minimum Gasteiger partial charge on any atom is -0.496 e. The van der Waals surface area contributed by atoms with Gasteiger partial charge in [0, 0.05) is 16.1 Å². The minimum atomic E-state index is -2.25. The van der Waals surface area contributed by atoms with E-state index in [9.17, 15) is 26.7 Å². The number of Topliss-reactive ketones (excluding diaryl/α,β-unsaturated/α-hetero) is 1. The third-order valence-corrected chi connectivity index (χ3v) is 5.30. The Morgan fingerprint density at radius 1 is 0.939 bits per heavy atom. The van der Waals surface area contributed by atoms with Crippen LogP contribution >= 0.6 is 15.9 Å². The van der Waals surface area contributed by atoms with Crippen LogP contribution in [-0.4, -0.2) is 12.9 Å². The van der Waals surface area contributed by atoms with Gasteiger partial charge in [-0.25, -0.2) is 22.0 Å². The van der Waals surface area contributed by atoms with Crippen molar-refractivity contribution in [2.75, 3.05) is 7.11 Å². The highest BCUT2D eigenvalue weighted by Gasteiger charge is 2.29. The van der Waals surface area contributed by atoms with Crippen molar-refractivity contribution >= 4 is 27.8 Å². The molecule has 0 saturated heterocycles. The molecule has 0 spiro atoms. The van der Waals surface area contributed by atoms with Gasteiger partial charge in [0.1, 0.15) is 23.9 Å². The van der Waals surface area contributed by atoms with Crippen LogP contribution in [0, 0.1) is 29.1 Å². The van der Waals surface area contributed by atoms with Crippen molar-refractivity contribution < 1.29 is 41.0 Å². The van der Waals surface area contributed by atoms with Crippen LogP contribution in [0.2, 0.25) is 0 Å². The van der Waals surface area contributed by atoms with Crippen molar-refractivity contribution in [3.63, 3.8) is 0 Å². The lowest BCUT2D eigenvalue weighted by Crippen LogP contribution is -2.09. The lowest BCUT2D eigenvalue weighted by molar-refractivity contribution is 0.101. The summed E-state index contributed by atoms with van der Waals surface area (Å²) in [7, 11) is 1.48. The van der Waals surface area contributed by atoms with Crippen LogP contribution in [0.1, 0.15) is 21.5 Å². The Morgan fingerprint density at radius 2 is 1.61 bits per heavy atom. The molecule has 0 unspecified atom stereocenters. The monoisotopic (exact) mass is 526 g/mol. The molecular formula is C23H12BrF5O4. The number of carbonyl (C=O) groups is 1. The molecule has 1 heterocycles. The molecule has 0 amide bonds. The number of carbonyl (C=O) groups excluding carboxylic acids is 1. The Bertz CT molecular complexity index is 1290. The maximum Gasteiger partial charge on any atom is 0.231 e. The molecule has 0 saturated carbocycles. The van der Waals surface area contributed by atoms with Crippen molar-refractivity contribution in [1.82, 2.24) is 0 Å². The second-order valence-corrected chi connectivity index (χ2v) is 7.74. The van der Waals surface area contributed by atoms with Gasteiger partial charge in [0.15, 0.2) is 29.0 Å². The fraction of sp³-hybridized carbons (Fsp3) is 0.0870. The van der Waals surface area contributed by atoms with E-state index in [-0.39, 0.29) is 22.8 Å². The van der Waals surface area contributed by atoms with Gasteiger partial charge < -0.3 is 14.2 Å². The van der Waals surface area contributed by atoms with Crippen molar-refractivity contribution in [2.24, 2.45) is 0 Å². The lowest BCUT2D eigenvalue weighted by atomic mass is 10.1. The molecule has 10 heteroatoms. The zero-order chi connectivity index (χ0) is 23.9. The first kappa shape index (κ1) is 22.8. The topological polar surface area (TPSA) is 44.8 Å². The summed E-state index contributed by atoms with van der Waals surface area (Å²) in [6, 6.07) is 9.15. The quantitative estimate of drug-likeness (QED) is 0.168. The third kappa shape index (κ3) is 4.18. The highest BCUT2D eigenvalue weighted by Crippen LogP contribution is 2.36. The number of hydrogen-bond acceptors (Lipinski definition) is 4. The van der Waals surface area contributed by atoms with Crippen LogP contribution in [0.15, 0.2) is 46.6 Å². The van der Waals surface area contributed by atoms with Gasteiger partial charge in [-0.15, -0.1) is 0 Å².